The second kappa shape index (κ2) is 3.60. The Hall–Kier alpha value is -1.32. The summed E-state index contributed by atoms with van der Waals surface area (Å²) in [6, 6.07) is 3.37. The van der Waals surface area contributed by atoms with Gasteiger partial charge in [-0.3, -0.25) is 0 Å². The van der Waals surface area contributed by atoms with Crippen molar-refractivity contribution in [1.29, 1.82) is 0 Å². The number of hydrogen-bond acceptors (Lipinski definition) is 0. The Morgan fingerprint density at radius 2 is 1.77 bits per heavy atom. The minimum atomic E-state index is -2.44. The van der Waals surface area contributed by atoms with Crippen molar-refractivity contribution in [3.63, 3.8) is 0 Å². The van der Waals surface area contributed by atoms with E-state index in [1.165, 1.54) is 13.0 Å². The van der Waals surface area contributed by atoms with Crippen LogP contribution < -0.4 is 0 Å². The molecule has 0 nitrogen and oxygen atoms in total. The summed E-state index contributed by atoms with van der Waals surface area (Å²) in [6.07, 6.45) is -2.44. The van der Waals surface area contributed by atoms with Gasteiger partial charge in [0.2, 0.25) is 0 Å². The van der Waals surface area contributed by atoms with Crippen LogP contribution in [-0.4, -0.2) is 0 Å². The first-order valence-electron chi connectivity index (χ1n) is 3.50. The maximum Gasteiger partial charge on any atom is 0.306 e. The van der Waals surface area contributed by atoms with E-state index >= 15 is 0 Å². The summed E-state index contributed by atoms with van der Waals surface area (Å²) in [6.45, 7) is 1.24. The summed E-state index contributed by atoms with van der Waals surface area (Å²) in [5, 5.41) is 0. The second-order valence-corrected chi connectivity index (χ2v) is 2.49. The molecule has 0 saturated carbocycles. The van der Waals surface area contributed by atoms with Gasteiger partial charge in [0.1, 0.15) is 5.82 Å². The Labute approximate surface area is 72.5 Å². The SMILES string of the molecule is Cc1c(F)cccc1C(F)=C(F)F. The topological polar surface area (TPSA) is 0 Å². The maximum atomic E-state index is 12.8. The molecule has 0 aromatic heterocycles. The van der Waals surface area contributed by atoms with E-state index < -0.39 is 23.3 Å². The van der Waals surface area contributed by atoms with Gasteiger partial charge in [-0.25, -0.2) is 8.78 Å². The van der Waals surface area contributed by atoms with Crippen molar-refractivity contribution in [2.45, 2.75) is 6.92 Å². The van der Waals surface area contributed by atoms with Crippen molar-refractivity contribution in [3.05, 3.63) is 41.2 Å². The van der Waals surface area contributed by atoms with Gasteiger partial charge in [-0.1, -0.05) is 12.1 Å². The van der Waals surface area contributed by atoms with Gasteiger partial charge in [0.15, 0.2) is 5.83 Å². The van der Waals surface area contributed by atoms with Crippen LogP contribution in [-0.2, 0) is 0 Å². The zero-order valence-electron chi connectivity index (χ0n) is 6.74. The molecule has 1 aromatic rings. The highest BCUT2D eigenvalue weighted by Gasteiger charge is 2.12. The highest BCUT2D eigenvalue weighted by Crippen LogP contribution is 2.26. The number of rotatable bonds is 1. The molecule has 0 fully saturated rings. The Bertz CT molecular complexity index is 351. The lowest BCUT2D eigenvalue weighted by Gasteiger charge is -2.02. The van der Waals surface area contributed by atoms with Gasteiger partial charge in [-0.2, -0.15) is 8.78 Å². The van der Waals surface area contributed by atoms with Crippen LogP contribution in [0, 0.1) is 12.7 Å². The van der Waals surface area contributed by atoms with Crippen molar-refractivity contribution in [3.8, 4) is 0 Å². The number of benzene rings is 1. The van der Waals surface area contributed by atoms with Crippen LogP contribution in [0.15, 0.2) is 24.3 Å². The average Bonchev–Trinajstić information content (AvgIpc) is 2.08. The Morgan fingerprint density at radius 1 is 1.15 bits per heavy atom. The molecule has 70 valence electrons. The molecule has 0 heterocycles. The third kappa shape index (κ3) is 1.88. The summed E-state index contributed by atoms with van der Waals surface area (Å²) < 4.78 is 49.0. The average molecular weight is 190 g/mol. The van der Waals surface area contributed by atoms with Crippen LogP contribution in [0.2, 0.25) is 0 Å². The molecular formula is C9H6F4. The van der Waals surface area contributed by atoms with Crippen LogP contribution in [0.5, 0.6) is 0 Å². The van der Waals surface area contributed by atoms with Crippen LogP contribution >= 0.6 is 0 Å². The van der Waals surface area contributed by atoms with E-state index in [0.717, 1.165) is 12.1 Å². The molecule has 0 atom stereocenters. The van der Waals surface area contributed by atoms with Gasteiger partial charge in [0.25, 0.3) is 0 Å². The van der Waals surface area contributed by atoms with Crippen molar-refractivity contribution >= 4 is 5.83 Å². The van der Waals surface area contributed by atoms with E-state index in [9.17, 15) is 17.6 Å². The fraction of sp³-hybridized carbons (Fsp3) is 0.111. The lowest BCUT2D eigenvalue weighted by Crippen LogP contribution is -1.89. The molecule has 1 aromatic carbocycles. The van der Waals surface area contributed by atoms with Gasteiger partial charge >= 0.3 is 6.08 Å². The summed E-state index contributed by atoms with van der Waals surface area (Å²) in [5.41, 5.74) is -0.521. The first-order chi connectivity index (χ1) is 6.04. The Morgan fingerprint density at radius 3 is 2.31 bits per heavy atom. The van der Waals surface area contributed by atoms with E-state index in [0.29, 0.717) is 0 Å². The van der Waals surface area contributed by atoms with Crippen molar-refractivity contribution in [2.75, 3.05) is 0 Å². The highest BCUT2D eigenvalue weighted by molar-refractivity contribution is 5.62. The minimum Gasteiger partial charge on any atom is -0.207 e. The molecule has 13 heavy (non-hydrogen) atoms. The third-order valence-electron chi connectivity index (χ3n) is 1.67. The van der Waals surface area contributed by atoms with Crippen molar-refractivity contribution < 1.29 is 17.6 Å². The zero-order valence-corrected chi connectivity index (χ0v) is 6.74. The van der Waals surface area contributed by atoms with Gasteiger partial charge in [-0.05, 0) is 18.6 Å². The summed E-state index contributed by atoms with van der Waals surface area (Å²) in [7, 11) is 0. The predicted octanol–water partition coefficient (Wildman–Crippen LogP) is 3.67. The Balaban J connectivity index is 3.32. The van der Waals surface area contributed by atoms with E-state index in [2.05, 4.69) is 0 Å². The lowest BCUT2D eigenvalue weighted by molar-refractivity contribution is 0.410. The van der Waals surface area contributed by atoms with Crippen LogP contribution in [0.25, 0.3) is 5.83 Å². The predicted molar refractivity (Wildman–Crippen MR) is 41.4 cm³/mol. The van der Waals surface area contributed by atoms with Crippen LogP contribution in [0.3, 0.4) is 0 Å². The maximum absolute atomic E-state index is 12.8. The molecule has 4 heteroatoms. The van der Waals surface area contributed by atoms with E-state index in [4.69, 9.17) is 0 Å². The van der Waals surface area contributed by atoms with Crippen LogP contribution in [0.4, 0.5) is 17.6 Å². The first-order valence-corrected chi connectivity index (χ1v) is 3.50. The first kappa shape index (κ1) is 9.77. The number of hydrogen-bond donors (Lipinski definition) is 0. The Kier molecular flexibility index (Phi) is 2.70. The third-order valence-corrected chi connectivity index (χ3v) is 1.67. The molecule has 0 N–H and O–H groups in total. The molecule has 0 aliphatic rings. The van der Waals surface area contributed by atoms with Gasteiger partial charge < -0.3 is 0 Å². The highest BCUT2D eigenvalue weighted by atomic mass is 19.3. The molecule has 0 spiro atoms. The smallest absolute Gasteiger partial charge is 0.207 e. The monoisotopic (exact) mass is 190 g/mol. The van der Waals surface area contributed by atoms with Gasteiger partial charge in [0.05, 0.1) is 0 Å². The fourth-order valence-electron chi connectivity index (χ4n) is 0.947. The van der Waals surface area contributed by atoms with Gasteiger partial charge in [-0.15, -0.1) is 0 Å². The molecule has 1 rings (SSSR count). The molecule has 0 unspecified atom stereocenters. The standard InChI is InChI=1S/C9H6F4/c1-5-6(8(11)9(12)13)3-2-4-7(5)10/h2-4H,1H3. The van der Waals surface area contributed by atoms with Crippen molar-refractivity contribution in [1.82, 2.24) is 0 Å². The molecule has 0 aliphatic heterocycles. The molecular weight excluding hydrogens is 184 g/mol. The molecule has 0 amide bonds. The molecule has 0 bridgehead atoms. The summed E-state index contributed by atoms with van der Waals surface area (Å²) in [4.78, 5) is 0. The van der Waals surface area contributed by atoms with Gasteiger partial charge in [0, 0.05) is 5.56 Å². The zero-order chi connectivity index (χ0) is 10.0. The van der Waals surface area contributed by atoms with Crippen LogP contribution in [0.1, 0.15) is 11.1 Å². The van der Waals surface area contributed by atoms with E-state index in [-0.39, 0.29) is 5.56 Å². The minimum absolute atomic E-state index is 0.118. The molecule has 0 radical (unpaired) electrons. The normalized spacial score (nSPS) is 9.92. The summed E-state index contributed by atoms with van der Waals surface area (Å²) in [5.74, 6) is -2.37. The molecule has 0 saturated heterocycles. The van der Waals surface area contributed by atoms with Crippen molar-refractivity contribution in [2.24, 2.45) is 0 Å². The number of halogens is 4. The lowest BCUT2D eigenvalue weighted by atomic mass is 10.1. The van der Waals surface area contributed by atoms with E-state index in [1.54, 1.807) is 0 Å². The van der Waals surface area contributed by atoms with E-state index in [1.807, 2.05) is 0 Å². The quantitative estimate of drug-likeness (QED) is 0.592. The summed E-state index contributed by atoms with van der Waals surface area (Å²) >= 11 is 0. The molecule has 0 aliphatic carbocycles. The second-order valence-electron chi connectivity index (χ2n) is 2.49. The largest absolute Gasteiger partial charge is 0.306 e. The fourth-order valence-corrected chi connectivity index (χ4v) is 0.947.